The number of hydrogen-bond donors (Lipinski definition) is 1. The number of nitrogens with one attached hydrogen (secondary N) is 1. The summed E-state index contributed by atoms with van der Waals surface area (Å²) in [7, 11) is 0. The molecule has 1 aliphatic carbocycles. The van der Waals surface area contributed by atoms with Crippen LogP contribution in [-0.2, 0) is 0 Å². The van der Waals surface area contributed by atoms with Crippen molar-refractivity contribution in [2.24, 2.45) is 0 Å². The quantitative estimate of drug-likeness (QED) is 0.942. The van der Waals surface area contributed by atoms with Gasteiger partial charge in [0.2, 0.25) is 5.95 Å². The van der Waals surface area contributed by atoms with Crippen molar-refractivity contribution in [2.75, 3.05) is 18.5 Å². The van der Waals surface area contributed by atoms with Gasteiger partial charge in [-0.25, -0.2) is 9.97 Å². The van der Waals surface area contributed by atoms with Crippen molar-refractivity contribution in [3.05, 3.63) is 30.5 Å². The molecular weight excluding hydrogens is 278 g/mol. The van der Waals surface area contributed by atoms with Crippen LogP contribution in [0.1, 0.15) is 25.7 Å². The maximum atomic E-state index is 5.64. The summed E-state index contributed by atoms with van der Waals surface area (Å²) in [5, 5.41) is 3.44. The Morgan fingerprint density at radius 2 is 1.82 bits per heavy atom. The molecule has 1 aliphatic heterocycles. The second-order valence-corrected chi connectivity index (χ2v) is 5.75. The highest BCUT2D eigenvalue weighted by molar-refractivity contribution is 5.64. The van der Waals surface area contributed by atoms with Gasteiger partial charge in [0.15, 0.2) is 11.5 Å². The third kappa shape index (κ3) is 2.71. The van der Waals surface area contributed by atoms with Crippen LogP contribution in [0, 0.1) is 0 Å². The van der Waals surface area contributed by atoms with Gasteiger partial charge in [0, 0.05) is 17.8 Å². The average molecular weight is 297 g/mol. The average Bonchev–Trinajstić information content (AvgIpc) is 3.08. The van der Waals surface area contributed by atoms with Crippen LogP contribution in [0.15, 0.2) is 30.5 Å². The van der Waals surface area contributed by atoms with E-state index in [2.05, 4.69) is 15.3 Å². The SMILES string of the molecule is c1cc(-c2ccc3c(c2)OCCO3)nc(NC2CCCC2)n1. The number of hydrogen-bond acceptors (Lipinski definition) is 5. The Morgan fingerprint density at radius 1 is 1.00 bits per heavy atom. The zero-order valence-electron chi connectivity index (χ0n) is 12.4. The number of benzene rings is 1. The fraction of sp³-hybridized carbons (Fsp3) is 0.412. The monoisotopic (exact) mass is 297 g/mol. The Bertz CT molecular complexity index is 669. The van der Waals surface area contributed by atoms with Gasteiger partial charge in [-0.3, -0.25) is 0 Å². The summed E-state index contributed by atoms with van der Waals surface area (Å²) in [6, 6.07) is 8.36. The van der Waals surface area contributed by atoms with Crippen molar-refractivity contribution >= 4 is 5.95 Å². The van der Waals surface area contributed by atoms with Crippen molar-refractivity contribution in [2.45, 2.75) is 31.7 Å². The summed E-state index contributed by atoms with van der Waals surface area (Å²) in [6.07, 6.45) is 6.80. The van der Waals surface area contributed by atoms with Crippen LogP contribution in [0.2, 0.25) is 0 Å². The van der Waals surface area contributed by atoms with E-state index in [4.69, 9.17) is 9.47 Å². The summed E-state index contributed by atoms with van der Waals surface area (Å²) in [5.41, 5.74) is 1.91. The van der Waals surface area contributed by atoms with E-state index >= 15 is 0 Å². The molecule has 0 amide bonds. The molecule has 22 heavy (non-hydrogen) atoms. The van der Waals surface area contributed by atoms with Gasteiger partial charge >= 0.3 is 0 Å². The van der Waals surface area contributed by atoms with E-state index in [1.54, 1.807) is 6.20 Å². The molecule has 0 unspecified atom stereocenters. The topological polar surface area (TPSA) is 56.3 Å². The molecule has 1 aromatic carbocycles. The van der Waals surface area contributed by atoms with Crippen molar-refractivity contribution in [1.29, 1.82) is 0 Å². The standard InChI is InChI=1S/C17H19N3O2/c1-2-4-13(3-1)19-17-18-8-7-14(20-17)12-5-6-15-16(11-12)22-10-9-21-15/h5-8,11,13H,1-4,9-10H2,(H,18,19,20). The van der Waals surface area contributed by atoms with Crippen molar-refractivity contribution in [1.82, 2.24) is 9.97 Å². The summed E-state index contributed by atoms with van der Waals surface area (Å²) in [6.45, 7) is 1.20. The lowest BCUT2D eigenvalue weighted by Crippen LogP contribution is -2.16. The van der Waals surface area contributed by atoms with Gasteiger partial charge < -0.3 is 14.8 Å². The van der Waals surface area contributed by atoms with E-state index in [9.17, 15) is 0 Å². The fourth-order valence-corrected chi connectivity index (χ4v) is 3.04. The third-order valence-electron chi connectivity index (χ3n) is 4.18. The molecule has 0 saturated heterocycles. The number of rotatable bonds is 3. The largest absolute Gasteiger partial charge is 0.486 e. The number of fused-ring (bicyclic) bond motifs is 1. The van der Waals surface area contributed by atoms with Crippen LogP contribution in [-0.4, -0.2) is 29.2 Å². The second kappa shape index (κ2) is 5.83. The molecule has 1 saturated carbocycles. The molecule has 2 heterocycles. The summed E-state index contributed by atoms with van der Waals surface area (Å²) in [4.78, 5) is 8.97. The second-order valence-electron chi connectivity index (χ2n) is 5.75. The first kappa shape index (κ1) is 13.4. The Hall–Kier alpha value is -2.30. The van der Waals surface area contributed by atoms with Gasteiger partial charge in [0.25, 0.3) is 0 Å². The van der Waals surface area contributed by atoms with Crippen LogP contribution in [0.4, 0.5) is 5.95 Å². The lowest BCUT2D eigenvalue weighted by molar-refractivity contribution is 0.171. The van der Waals surface area contributed by atoms with Crippen LogP contribution in [0.5, 0.6) is 11.5 Å². The predicted octanol–water partition coefficient (Wildman–Crippen LogP) is 3.27. The smallest absolute Gasteiger partial charge is 0.223 e. The van der Waals surface area contributed by atoms with Crippen molar-refractivity contribution in [3.8, 4) is 22.8 Å². The Morgan fingerprint density at radius 3 is 2.68 bits per heavy atom. The van der Waals surface area contributed by atoms with Gasteiger partial charge in [-0.1, -0.05) is 12.8 Å². The Kier molecular flexibility index (Phi) is 3.54. The first-order valence-corrected chi connectivity index (χ1v) is 7.88. The van der Waals surface area contributed by atoms with Gasteiger partial charge in [-0.2, -0.15) is 0 Å². The first-order chi connectivity index (χ1) is 10.9. The van der Waals surface area contributed by atoms with Crippen LogP contribution in [0.25, 0.3) is 11.3 Å². The Balaban J connectivity index is 1.59. The zero-order valence-corrected chi connectivity index (χ0v) is 12.4. The highest BCUT2D eigenvalue weighted by atomic mass is 16.6. The maximum Gasteiger partial charge on any atom is 0.223 e. The molecule has 2 aliphatic rings. The van der Waals surface area contributed by atoms with E-state index in [-0.39, 0.29) is 0 Å². The molecule has 5 nitrogen and oxygen atoms in total. The summed E-state index contributed by atoms with van der Waals surface area (Å²) in [5.74, 6) is 2.29. The molecule has 0 atom stereocenters. The van der Waals surface area contributed by atoms with E-state index in [0.29, 0.717) is 25.2 Å². The van der Waals surface area contributed by atoms with E-state index in [1.165, 1.54) is 25.7 Å². The molecule has 1 aromatic heterocycles. The lowest BCUT2D eigenvalue weighted by Gasteiger charge is -2.19. The Labute approximate surface area is 129 Å². The summed E-state index contributed by atoms with van der Waals surface area (Å²) >= 11 is 0. The minimum absolute atomic E-state index is 0.510. The molecule has 5 heteroatoms. The molecule has 0 bridgehead atoms. The van der Waals surface area contributed by atoms with Crippen LogP contribution >= 0.6 is 0 Å². The lowest BCUT2D eigenvalue weighted by atomic mass is 10.1. The molecule has 114 valence electrons. The van der Waals surface area contributed by atoms with Gasteiger partial charge in [0.1, 0.15) is 13.2 Å². The first-order valence-electron chi connectivity index (χ1n) is 7.88. The minimum atomic E-state index is 0.510. The molecule has 0 radical (unpaired) electrons. The van der Waals surface area contributed by atoms with E-state index in [0.717, 1.165) is 22.8 Å². The van der Waals surface area contributed by atoms with Gasteiger partial charge in [-0.05, 0) is 37.1 Å². The van der Waals surface area contributed by atoms with Gasteiger partial charge in [-0.15, -0.1) is 0 Å². The van der Waals surface area contributed by atoms with E-state index < -0.39 is 0 Å². The van der Waals surface area contributed by atoms with Gasteiger partial charge in [0.05, 0.1) is 5.69 Å². The highest BCUT2D eigenvalue weighted by Gasteiger charge is 2.16. The molecule has 2 aromatic rings. The fourth-order valence-electron chi connectivity index (χ4n) is 3.04. The third-order valence-corrected chi connectivity index (χ3v) is 4.18. The van der Waals surface area contributed by atoms with E-state index in [1.807, 2.05) is 24.3 Å². The minimum Gasteiger partial charge on any atom is -0.486 e. The normalized spacial score (nSPS) is 17.5. The van der Waals surface area contributed by atoms with Crippen molar-refractivity contribution < 1.29 is 9.47 Å². The summed E-state index contributed by atoms with van der Waals surface area (Å²) < 4.78 is 11.2. The molecule has 1 fully saturated rings. The number of nitrogens with zero attached hydrogens (tertiary/aromatic N) is 2. The molecule has 4 rings (SSSR count). The van der Waals surface area contributed by atoms with Crippen LogP contribution < -0.4 is 14.8 Å². The number of aromatic nitrogens is 2. The number of anilines is 1. The molecule has 1 N–H and O–H groups in total. The molecule has 0 spiro atoms. The predicted molar refractivity (Wildman–Crippen MR) is 84.3 cm³/mol. The van der Waals surface area contributed by atoms with Crippen LogP contribution in [0.3, 0.4) is 0 Å². The zero-order chi connectivity index (χ0) is 14.8. The molecular formula is C17H19N3O2. The maximum absolute atomic E-state index is 5.64. The van der Waals surface area contributed by atoms with Crippen molar-refractivity contribution in [3.63, 3.8) is 0 Å². The highest BCUT2D eigenvalue weighted by Crippen LogP contribution is 2.34. The number of ether oxygens (including phenoxy) is 2.